The fourth-order valence-electron chi connectivity index (χ4n) is 5.03. The Kier molecular flexibility index (Phi) is 8.27. The molecule has 9 heteroatoms. The van der Waals surface area contributed by atoms with E-state index in [4.69, 9.17) is 4.74 Å². The Labute approximate surface area is 225 Å². The number of carbonyl (C=O) groups excluding carboxylic acids is 1. The van der Waals surface area contributed by atoms with E-state index in [-0.39, 0.29) is 11.7 Å². The first-order chi connectivity index (χ1) is 18.2. The van der Waals surface area contributed by atoms with Crippen molar-refractivity contribution in [2.75, 3.05) is 11.1 Å². The molecular weight excluding hydrogens is 502 g/mol. The zero-order valence-corrected chi connectivity index (χ0v) is 22.5. The van der Waals surface area contributed by atoms with E-state index in [1.807, 2.05) is 28.8 Å². The van der Waals surface area contributed by atoms with Crippen molar-refractivity contribution in [1.82, 2.24) is 14.8 Å². The van der Waals surface area contributed by atoms with Crippen molar-refractivity contribution in [3.8, 4) is 23.2 Å². The number of hydrogen-bond donors (Lipinski definition) is 1. The molecule has 37 heavy (non-hydrogen) atoms. The molecule has 1 amide bonds. The number of ether oxygens (including phenoxy) is 1. The summed E-state index contributed by atoms with van der Waals surface area (Å²) >= 11 is 2.89. The van der Waals surface area contributed by atoms with Crippen molar-refractivity contribution in [3.63, 3.8) is 0 Å². The molecule has 0 atom stereocenters. The Balaban J connectivity index is 1.25. The number of aryl methyl sites for hydroxylation is 1. The van der Waals surface area contributed by atoms with Gasteiger partial charge in [-0.05, 0) is 81.2 Å². The standard InChI is InChI=1S/C28H31N5O2S2/c1-2-16-33-26(19-12-14-21(15-13-19)35-20-8-6-7-9-20)31-32-28(33)36-18-25(34)30-27-23(17-29)22-10-4-3-5-11-24(22)37-27/h2,12-15,20H,1,3-11,16,18H2,(H,30,34). The van der Waals surface area contributed by atoms with E-state index in [2.05, 4.69) is 28.2 Å². The molecule has 1 N–H and O–H groups in total. The summed E-state index contributed by atoms with van der Waals surface area (Å²) in [6.07, 6.45) is 12.2. The number of nitrogens with zero attached hydrogens (tertiary/aromatic N) is 4. The van der Waals surface area contributed by atoms with E-state index in [1.165, 1.54) is 35.9 Å². The Morgan fingerprint density at radius 1 is 1.19 bits per heavy atom. The molecule has 1 fully saturated rings. The number of thiophene rings is 1. The second-order valence-electron chi connectivity index (χ2n) is 9.47. The lowest BCUT2D eigenvalue weighted by Gasteiger charge is -2.13. The van der Waals surface area contributed by atoms with Crippen LogP contribution in [0.1, 0.15) is 60.9 Å². The number of benzene rings is 1. The maximum atomic E-state index is 12.8. The lowest BCUT2D eigenvalue weighted by molar-refractivity contribution is -0.113. The number of thioether (sulfide) groups is 1. The van der Waals surface area contributed by atoms with Gasteiger partial charge in [0.15, 0.2) is 11.0 Å². The zero-order chi connectivity index (χ0) is 25.6. The zero-order valence-electron chi connectivity index (χ0n) is 20.9. The van der Waals surface area contributed by atoms with Gasteiger partial charge in [0.2, 0.25) is 5.91 Å². The van der Waals surface area contributed by atoms with E-state index in [1.54, 1.807) is 17.4 Å². The molecule has 0 spiro atoms. The molecule has 0 unspecified atom stereocenters. The lowest BCUT2D eigenvalue weighted by Crippen LogP contribution is -2.14. The third-order valence-corrected chi connectivity index (χ3v) is 9.04. The van der Waals surface area contributed by atoms with Crippen molar-refractivity contribution in [3.05, 3.63) is 52.9 Å². The first kappa shape index (κ1) is 25.6. The van der Waals surface area contributed by atoms with Crippen LogP contribution in [-0.4, -0.2) is 32.5 Å². The fourth-order valence-corrected chi connectivity index (χ4v) is 7.03. The summed E-state index contributed by atoms with van der Waals surface area (Å²) in [7, 11) is 0. The average Bonchev–Trinajstić information content (AvgIpc) is 3.59. The highest BCUT2D eigenvalue weighted by atomic mass is 32.2. The van der Waals surface area contributed by atoms with Crippen LogP contribution in [0.5, 0.6) is 5.75 Å². The summed E-state index contributed by atoms with van der Waals surface area (Å²) in [5.41, 5.74) is 2.70. The van der Waals surface area contributed by atoms with Crippen LogP contribution in [0.15, 0.2) is 42.1 Å². The van der Waals surface area contributed by atoms with E-state index in [0.29, 0.717) is 28.4 Å². The monoisotopic (exact) mass is 533 g/mol. The normalized spacial score (nSPS) is 15.5. The van der Waals surface area contributed by atoms with Crippen molar-refractivity contribution >= 4 is 34.0 Å². The minimum atomic E-state index is -0.152. The number of rotatable bonds is 9. The van der Waals surface area contributed by atoms with Crippen LogP contribution < -0.4 is 10.1 Å². The first-order valence-electron chi connectivity index (χ1n) is 12.9. The number of nitrogens with one attached hydrogen (secondary N) is 1. The molecule has 1 saturated carbocycles. The highest BCUT2D eigenvalue weighted by Crippen LogP contribution is 2.37. The average molecular weight is 534 g/mol. The number of anilines is 1. The smallest absolute Gasteiger partial charge is 0.235 e. The third-order valence-electron chi connectivity index (χ3n) is 6.86. The molecule has 2 heterocycles. The van der Waals surface area contributed by atoms with Gasteiger partial charge < -0.3 is 10.1 Å². The summed E-state index contributed by atoms with van der Waals surface area (Å²) in [5.74, 6) is 1.63. The maximum Gasteiger partial charge on any atom is 0.235 e. The molecule has 0 aliphatic heterocycles. The number of amides is 1. The number of allylic oxidation sites excluding steroid dienone is 1. The predicted octanol–water partition coefficient (Wildman–Crippen LogP) is 6.39. The largest absolute Gasteiger partial charge is 0.490 e. The molecule has 3 aromatic rings. The molecule has 192 valence electrons. The van der Waals surface area contributed by atoms with Crippen LogP contribution in [0, 0.1) is 11.3 Å². The van der Waals surface area contributed by atoms with Crippen LogP contribution in [0.4, 0.5) is 5.00 Å². The number of carbonyl (C=O) groups is 1. The molecule has 7 nitrogen and oxygen atoms in total. The molecule has 2 aliphatic carbocycles. The summed E-state index contributed by atoms with van der Waals surface area (Å²) in [5, 5.41) is 22.8. The Hall–Kier alpha value is -3.09. The van der Waals surface area contributed by atoms with E-state index < -0.39 is 0 Å². The Morgan fingerprint density at radius 3 is 2.73 bits per heavy atom. The van der Waals surface area contributed by atoms with Crippen LogP contribution in [0.25, 0.3) is 11.4 Å². The Bertz CT molecular complexity index is 1300. The number of aromatic nitrogens is 3. The Morgan fingerprint density at radius 2 is 1.97 bits per heavy atom. The van der Waals surface area contributed by atoms with E-state index in [0.717, 1.165) is 61.2 Å². The van der Waals surface area contributed by atoms with Gasteiger partial charge in [-0.25, -0.2) is 0 Å². The van der Waals surface area contributed by atoms with Crippen LogP contribution in [-0.2, 0) is 24.2 Å². The van der Waals surface area contributed by atoms with Crippen LogP contribution in [0.2, 0.25) is 0 Å². The quantitative estimate of drug-likeness (QED) is 0.195. The molecule has 2 aromatic heterocycles. The minimum absolute atomic E-state index is 0.152. The summed E-state index contributed by atoms with van der Waals surface area (Å²) in [6, 6.07) is 10.3. The van der Waals surface area contributed by atoms with Gasteiger partial charge in [-0.1, -0.05) is 24.3 Å². The van der Waals surface area contributed by atoms with Gasteiger partial charge in [-0.3, -0.25) is 9.36 Å². The molecule has 0 radical (unpaired) electrons. The predicted molar refractivity (Wildman–Crippen MR) is 148 cm³/mol. The molecular formula is C28H31N5O2S2. The summed E-state index contributed by atoms with van der Waals surface area (Å²) < 4.78 is 8.05. The van der Waals surface area contributed by atoms with Gasteiger partial charge in [0.25, 0.3) is 0 Å². The third kappa shape index (κ3) is 5.91. The second-order valence-corrected chi connectivity index (χ2v) is 11.5. The summed E-state index contributed by atoms with van der Waals surface area (Å²) in [6.45, 7) is 4.41. The molecule has 0 saturated heterocycles. The van der Waals surface area contributed by atoms with Gasteiger partial charge >= 0.3 is 0 Å². The van der Waals surface area contributed by atoms with Crippen molar-refractivity contribution in [1.29, 1.82) is 5.26 Å². The van der Waals surface area contributed by atoms with Crippen molar-refractivity contribution in [2.24, 2.45) is 0 Å². The van der Waals surface area contributed by atoms with Gasteiger partial charge in [-0.2, -0.15) is 5.26 Å². The van der Waals surface area contributed by atoms with Crippen LogP contribution >= 0.6 is 23.1 Å². The highest BCUT2D eigenvalue weighted by Gasteiger charge is 2.22. The molecule has 0 bridgehead atoms. The number of nitriles is 1. The van der Waals surface area contributed by atoms with E-state index in [9.17, 15) is 10.1 Å². The van der Waals surface area contributed by atoms with E-state index >= 15 is 0 Å². The number of fused-ring (bicyclic) bond motifs is 1. The first-order valence-corrected chi connectivity index (χ1v) is 14.7. The lowest BCUT2D eigenvalue weighted by atomic mass is 10.1. The maximum absolute atomic E-state index is 12.8. The SMILES string of the molecule is C=CCn1c(SCC(=O)Nc2sc3c(c2C#N)CCCCC3)nnc1-c1ccc(OC2CCCC2)cc1. The van der Waals surface area contributed by atoms with Crippen LogP contribution in [0.3, 0.4) is 0 Å². The summed E-state index contributed by atoms with van der Waals surface area (Å²) in [4.78, 5) is 14.1. The molecule has 5 rings (SSSR count). The fraction of sp³-hybridized carbons (Fsp3) is 0.429. The molecule has 1 aromatic carbocycles. The number of hydrogen-bond acceptors (Lipinski definition) is 7. The second kappa shape index (κ2) is 12.0. The van der Waals surface area contributed by atoms with Gasteiger partial charge in [0.1, 0.15) is 16.8 Å². The highest BCUT2D eigenvalue weighted by molar-refractivity contribution is 7.99. The minimum Gasteiger partial charge on any atom is -0.490 e. The van der Waals surface area contributed by atoms with Crippen molar-refractivity contribution < 1.29 is 9.53 Å². The van der Waals surface area contributed by atoms with Gasteiger partial charge in [0.05, 0.1) is 17.4 Å². The van der Waals surface area contributed by atoms with Gasteiger partial charge in [0, 0.05) is 17.0 Å². The topological polar surface area (TPSA) is 92.8 Å². The molecule has 2 aliphatic rings. The van der Waals surface area contributed by atoms with Crippen molar-refractivity contribution in [2.45, 2.75) is 75.6 Å². The van der Waals surface area contributed by atoms with Gasteiger partial charge in [-0.15, -0.1) is 28.1 Å².